The van der Waals surface area contributed by atoms with Crippen LogP contribution in [0.1, 0.15) is 380 Å². The third-order valence-corrected chi connectivity index (χ3v) is 16.1. The van der Waals surface area contributed by atoms with Crippen LogP contribution in [-0.4, -0.2) is 47.4 Å². The highest BCUT2D eigenvalue weighted by atomic mass is 16.5. The molecule has 0 saturated carbocycles. The van der Waals surface area contributed by atoms with Gasteiger partial charge in [-0.3, -0.25) is 9.59 Å². The van der Waals surface area contributed by atoms with Crippen molar-refractivity contribution < 1.29 is 24.5 Å². The highest BCUT2D eigenvalue weighted by Gasteiger charge is 2.18. The molecule has 0 aliphatic rings. The first kappa shape index (κ1) is 75.1. The largest absolute Gasteiger partial charge is 0.466 e. The maximum Gasteiger partial charge on any atom is 0.305 e. The molecule has 6 nitrogen and oxygen atoms in total. The quantitative estimate of drug-likeness (QED) is 0.0320. The SMILES string of the molecule is CCCCCCCCC/C=C\CCCCCCCC(=O)OCCCCCCCCCCCCCC/C=C\CCCCCCCCCCCCCCC(=O)NC(CO)C(O)/C=C/CCCCCCCCCCCCCCCC. The van der Waals surface area contributed by atoms with Gasteiger partial charge < -0.3 is 20.3 Å². The minimum absolute atomic E-state index is 0.00842. The Morgan fingerprint density at radius 2 is 0.610 bits per heavy atom. The topological polar surface area (TPSA) is 95.9 Å². The van der Waals surface area contributed by atoms with Crippen LogP contribution < -0.4 is 5.32 Å². The number of aliphatic hydroxyl groups excluding tert-OH is 2. The molecular weight excluding hydrogens is 947 g/mol. The minimum atomic E-state index is -0.845. The lowest BCUT2D eigenvalue weighted by Crippen LogP contribution is -2.45. The summed E-state index contributed by atoms with van der Waals surface area (Å²) in [6, 6.07) is -0.628. The summed E-state index contributed by atoms with van der Waals surface area (Å²) in [6.45, 7) is 4.92. The smallest absolute Gasteiger partial charge is 0.305 e. The van der Waals surface area contributed by atoms with E-state index in [9.17, 15) is 19.8 Å². The van der Waals surface area contributed by atoms with Crippen LogP contribution in [0.15, 0.2) is 36.5 Å². The summed E-state index contributed by atoms with van der Waals surface area (Å²) in [7, 11) is 0. The van der Waals surface area contributed by atoms with Gasteiger partial charge in [-0.05, 0) is 83.5 Å². The first-order valence-electron chi connectivity index (χ1n) is 34.8. The lowest BCUT2D eigenvalue weighted by Gasteiger charge is -2.20. The molecular formula is C71H135NO5. The van der Waals surface area contributed by atoms with Gasteiger partial charge in [0.25, 0.3) is 0 Å². The van der Waals surface area contributed by atoms with Gasteiger partial charge in [-0.2, -0.15) is 0 Å². The van der Waals surface area contributed by atoms with Crippen molar-refractivity contribution in [3.8, 4) is 0 Å². The normalized spacial score (nSPS) is 12.7. The van der Waals surface area contributed by atoms with Crippen LogP contribution in [0.5, 0.6) is 0 Å². The number of aliphatic hydroxyl groups is 2. The second kappa shape index (κ2) is 66.6. The average Bonchev–Trinajstić information content (AvgIpc) is 3.43. The van der Waals surface area contributed by atoms with E-state index in [0.717, 1.165) is 44.9 Å². The van der Waals surface area contributed by atoms with Crippen molar-refractivity contribution in [2.75, 3.05) is 13.2 Å². The summed E-state index contributed by atoms with van der Waals surface area (Å²) >= 11 is 0. The Kier molecular flexibility index (Phi) is 64.9. The second-order valence-electron chi connectivity index (χ2n) is 23.9. The molecule has 0 spiro atoms. The maximum atomic E-state index is 12.5. The molecule has 6 heteroatoms. The molecule has 77 heavy (non-hydrogen) atoms. The number of hydrogen-bond donors (Lipinski definition) is 3. The average molecular weight is 1080 g/mol. The number of unbranched alkanes of at least 4 members (excludes halogenated alkanes) is 50. The molecule has 2 atom stereocenters. The molecule has 0 aromatic carbocycles. The summed E-state index contributed by atoms with van der Waals surface area (Å²) < 4.78 is 5.49. The predicted molar refractivity (Wildman–Crippen MR) is 338 cm³/mol. The third-order valence-electron chi connectivity index (χ3n) is 16.1. The molecule has 0 bridgehead atoms. The number of allylic oxidation sites excluding steroid dienone is 5. The van der Waals surface area contributed by atoms with E-state index in [1.807, 2.05) is 6.08 Å². The Labute approximate surface area is 481 Å². The van der Waals surface area contributed by atoms with Gasteiger partial charge in [-0.25, -0.2) is 0 Å². The Balaban J connectivity index is 3.39. The molecule has 2 unspecified atom stereocenters. The molecule has 454 valence electrons. The van der Waals surface area contributed by atoms with Gasteiger partial charge in [0, 0.05) is 12.8 Å². The summed E-state index contributed by atoms with van der Waals surface area (Å²) in [5.74, 6) is -0.0573. The van der Waals surface area contributed by atoms with Gasteiger partial charge in [0.2, 0.25) is 5.91 Å². The van der Waals surface area contributed by atoms with E-state index in [1.165, 1.54) is 308 Å². The van der Waals surface area contributed by atoms with Gasteiger partial charge in [0.05, 0.1) is 25.4 Å². The fourth-order valence-electron chi connectivity index (χ4n) is 10.8. The lowest BCUT2D eigenvalue weighted by molar-refractivity contribution is -0.143. The molecule has 0 aromatic heterocycles. The number of hydrogen-bond acceptors (Lipinski definition) is 5. The van der Waals surface area contributed by atoms with Crippen LogP contribution in [0.3, 0.4) is 0 Å². The Bertz CT molecular complexity index is 1250. The molecule has 0 rings (SSSR count). The van der Waals surface area contributed by atoms with E-state index in [4.69, 9.17) is 4.74 Å². The van der Waals surface area contributed by atoms with Crippen LogP contribution in [0.2, 0.25) is 0 Å². The molecule has 1 amide bonds. The lowest BCUT2D eigenvalue weighted by atomic mass is 10.0. The van der Waals surface area contributed by atoms with Crippen molar-refractivity contribution >= 4 is 11.9 Å². The highest BCUT2D eigenvalue weighted by molar-refractivity contribution is 5.76. The maximum absolute atomic E-state index is 12.5. The van der Waals surface area contributed by atoms with Crippen molar-refractivity contribution in [2.24, 2.45) is 0 Å². The van der Waals surface area contributed by atoms with E-state index in [2.05, 4.69) is 43.5 Å². The Hall–Kier alpha value is -1.92. The summed E-state index contributed by atoms with van der Waals surface area (Å²) in [5, 5.41) is 23.2. The number of ether oxygens (including phenoxy) is 1. The van der Waals surface area contributed by atoms with Crippen LogP contribution in [0, 0.1) is 0 Å². The molecule has 0 saturated heterocycles. The van der Waals surface area contributed by atoms with E-state index in [1.54, 1.807) is 6.08 Å². The molecule has 0 aliphatic carbocycles. The zero-order chi connectivity index (χ0) is 55.7. The molecule has 3 N–H and O–H groups in total. The van der Waals surface area contributed by atoms with Crippen LogP contribution in [0.4, 0.5) is 0 Å². The molecule has 0 radical (unpaired) electrons. The standard InChI is InChI=1S/C71H135NO5/c1-3-5-7-9-11-13-15-17-19-35-39-43-47-51-55-59-63-69(74)68(67-73)72-70(75)64-60-56-52-48-44-40-36-33-31-29-27-25-23-21-22-24-26-28-30-32-34-38-42-46-50-54-58-62-66-77-71(76)65-61-57-53-49-45-41-37-20-18-16-14-12-10-8-6-4-2/h20-22,37,59,63,68-69,73-74H,3-19,23-36,38-58,60-62,64-67H2,1-2H3,(H,72,75)/b22-21-,37-20-,63-59+. The molecule has 0 aromatic rings. The fraction of sp³-hybridized carbons (Fsp3) is 0.887. The second-order valence-corrected chi connectivity index (χ2v) is 23.9. The van der Waals surface area contributed by atoms with E-state index >= 15 is 0 Å². The van der Waals surface area contributed by atoms with Gasteiger partial charge in [0.1, 0.15) is 0 Å². The Morgan fingerprint density at radius 1 is 0.351 bits per heavy atom. The molecule has 0 aliphatic heterocycles. The number of esters is 1. The predicted octanol–water partition coefficient (Wildman–Crippen LogP) is 22.3. The van der Waals surface area contributed by atoms with Crippen LogP contribution >= 0.6 is 0 Å². The number of carbonyl (C=O) groups excluding carboxylic acids is 2. The van der Waals surface area contributed by atoms with Crippen molar-refractivity contribution in [1.29, 1.82) is 0 Å². The monoisotopic (exact) mass is 1080 g/mol. The van der Waals surface area contributed by atoms with Crippen LogP contribution in [0.25, 0.3) is 0 Å². The van der Waals surface area contributed by atoms with Crippen molar-refractivity contribution in [3.63, 3.8) is 0 Å². The van der Waals surface area contributed by atoms with E-state index < -0.39 is 12.1 Å². The zero-order valence-electron chi connectivity index (χ0n) is 52.0. The van der Waals surface area contributed by atoms with Gasteiger partial charge in [-0.15, -0.1) is 0 Å². The van der Waals surface area contributed by atoms with Gasteiger partial charge >= 0.3 is 5.97 Å². The number of carbonyl (C=O) groups is 2. The molecule has 0 fully saturated rings. The Morgan fingerprint density at radius 3 is 0.922 bits per heavy atom. The van der Waals surface area contributed by atoms with Crippen molar-refractivity contribution in [2.45, 2.75) is 392 Å². The minimum Gasteiger partial charge on any atom is -0.466 e. The van der Waals surface area contributed by atoms with Crippen molar-refractivity contribution in [3.05, 3.63) is 36.5 Å². The first-order valence-corrected chi connectivity index (χ1v) is 34.8. The zero-order valence-corrected chi connectivity index (χ0v) is 52.0. The van der Waals surface area contributed by atoms with Crippen LogP contribution in [-0.2, 0) is 14.3 Å². The number of amides is 1. The summed E-state index contributed by atoms with van der Waals surface area (Å²) in [6.07, 6.45) is 85.0. The number of rotatable bonds is 65. The highest BCUT2D eigenvalue weighted by Crippen LogP contribution is 2.18. The number of nitrogens with one attached hydrogen (secondary N) is 1. The van der Waals surface area contributed by atoms with E-state index in [-0.39, 0.29) is 18.5 Å². The van der Waals surface area contributed by atoms with Crippen molar-refractivity contribution in [1.82, 2.24) is 5.32 Å². The van der Waals surface area contributed by atoms with E-state index in [0.29, 0.717) is 19.4 Å². The third kappa shape index (κ3) is 63.1. The summed E-state index contributed by atoms with van der Waals surface area (Å²) in [5.41, 5.74) is 0. The van der Waals surface area contributed by atoms with Gasteiger partial charge in [0.15, 0.2) is 0 Å². The first-order chi connectivity index (χ1) is 38.0. The molecule has 0 heterocycles. The summed E-state index contributed by atoms with van der Waals surface area (Å²) in [4.78, 5) is 24.6. The van der Waals surface area contributed by atoms with Gasteiger partial charge in [-0.1, -0.05) is 320 Å². The fourth-order valence-corrected chi connectivity index (χ4v) is 10.8.